The van der Waals surface area contributed by atoms with Gasteiger partial charge in [0.2, 0.25) is 0 Å². The van der Waals surface area contributed by atoms with E-state index in [1.54, 1.807) is 0 Å². The van der Waals surface area contributed by atoms with Gasteiger partial charge >= 0.3 is 0 Å². The number of rotatable bonds is 6. The summed E-state index contributed by atoms with van der Waals surface area (Å²) in [6.07, 6.45) is 13.1. The predicted octanol–water partition coefficient (Wildman–Crippen LogP) is 7.35. The van der Waals surface area contributed by atoms with Gasteiger partial charge in [0, 0.05) is 48.3 Å². The van der Waals surface area contributed by atoms with Crippen LogP contribution in [0.25, 0.3) is 0 Å². The summed E-state index contributed by atoms with van der Waals surface area (Å²) in [6, 6.07) is 8.83. The molecule has 0 amide bonds. The number of halogens is 1. The lowest BCUT2D eigenvalue weighted by Crippen LogP contribution is -2.34. The van der Waals surface area contributed by atoms with Crippen molar-refractivity contribution in [3.05, 3.63) is 63.4 Å². The average Bonchev–Trinajstić information content (AvgIpc) is 3.68. The van der Waals surface area contributed by atoms with Gasteiger partial charge in [0.25, 0.3) is 0 Å². The van der Waals surface area contributed by atoms with Crippen molar-refractivity contribution in [2.24, 2.45) is 0 Å². The van der Waals surface area contributed by atoms with Crippen molar-refractivity contribution >= 4 is 11.5 Å². The SMILES string of the molecule is CC12CCCN1CC(F)C2.CCCc1ccc(N)c(C#N)c1C1CCc2c(nc(CC)nc2N2CCCn3nc(C4(C)CCC4)cc3C2)C1. The summed E-state index contributed by atoms with van der Waals surface area (Å²) in [5.74, 6) is 2.27. The predicted molar refractivity (Wildman–Crippen MR) is 194 cm³/mol. The van der Waals surface area contributed by atoms with Crippen LogP contribution < -0.4 is 10.6 Å². The lowest BCUT2D eigenvalue weighted by molar-refractivity contribution is 0.217. The van der Waals surface area contributed by atoms with Gasteiger partial charge in [0.15, 0.2) is 0 Å². The third kappa shape index (κ3) is 6.46. The molecule has 3 atom stereocenters. The van der Waals surface area contributed by atoms with Crippen LogP contribution in [0.2, 0.25) is 0 Å². The van der Waals surface area contributed by atoms with Crippen molar-refractivity contribution in [1.82, 2.24) is 24.6 Å². The highest BCUT2D eigenvalue weighted by molar-refractivity contribution is 5.62. The van der Waals surface area contributed by atoms with E-state index < -0.39 is 6.17 Å². The highest BCUT2D eigenvalue weighted by atomic mass is 19.1. The summed E-state index contributed by atoms with van der Waals surface area (Å²) in [7, 11) is 0. The molecule has 5 heterocycles. The Labute approximate surface area is 292 Å². The lowest BCUT2D eigenvalue weighted by Gasteiger charge is -2.36. The summed E-state index contributed by atoms with van der Waals surface area (Å²) in [4.78, 5) is 15.0. The number of aromatic nitrogens is 4. The van der Waals surface area contributed by atoms with Crippen LogP contribution in [-0.2, 0) is 44.2 Å². The Kier molecular flexibility index (Phi) is 9.47. The summed E-state index contributed by atoms with van der Waals surface area (Å²) in [5, 5.41) is 15.1. The molecular weight excluding hydrogens is 611 g/mol. The number of alkyl halides is 1. The molecule has 0 spiro atoms. The van der Waals surface area contributed by atoms with Gasteiger partial charge in [-0.3, -0.25) is 9.58 Å². The van der Waals surface area contributed by atoms with Crippen molar-refractivity contribution in [2.45, 2.75) is 147 Å². The van der Waals surface area contributed by atoms with Gasteiger partial charge in [-0.1, -0.05) is 39.7 Å². The second-order valence-electron chi connectivity index (χ2n) is 15.9. The second kappa shape index (κ2) is 13.7. The zero-order chi connectivity index (χ0) is 34.3. The molecule has 2 N–H and O–H groups in total. The molecule has 2 aromatic heterocycles. The Morgan fingerprint density at radius 2 is 1.90 bits per heavy atom. The minimum atomic E-state index is -0.551. The van der Waals surface area contributed by atoms with E-state index >= 15 is 0 Å². The van der Waals surface area contributed by atoms with Crippen molar-refractivity contribution in [3.8, 4) is 6.07 Å². The first kappa shape index (κ1) is 34.0. The first-order valence-corrected chi connectivity index (χ1v) is 19.1. The topological polar surface area (TPSA) is 99.9 Å². The van der Waals surface area contributed by atoms with Crippen LogP contribution in [0.1, 0.15) is 137 Å². The Hall–Kier alpha value is -3.51. The molecule has 0 bridgehead atoms. The third-order valence-corrected chi connectivity index (χ3v) is 12.4. The Morgan fingerprint density at radius 1 is 1.06 bits per heavy atom. The van der Waals surface area contributed by atoms with E-state index in [1.165, 1.54) is 54.6 Å². The molecule has 9 heteroatoms. The molecular formula is C40H55FN8. The molecule has 3 unspecified atom stereocenters. The van der Waals surface area contributed by atoms with Crippen LogP contribution in [0.5, 0.6) is 0 Å². The molecule has 3 fully saturated rings. The number of nitrogens with zero attached hydrogens (tertiary/aromatic N) is 7. The van der Waals surface area contributed by atoms with Crippen LogP contribution >= 0.6 is 0 Å². The van der Waals surface area contributed by atoms with E-state index in [0.717, 1.165) is 100 Å². The number of hydrogen-bond donors (Lipinski definition) is 1. The van der Waals surface area contributed by atoms with E-state index in [1.807, 2.05) is 6.07 Å². The van der Waals surface area contributed by atoms with Gasteiger partial charge in [-0.25, -0.2) is 14.4 Å². The van der Waals surface area contributed by atoms with E-state index in [0.29, 0.717) is 17.8 Å². The van der Waals surface area contributed by atoms with Gasteiger partial charge < -0.3 is 10.6 Å². The van der Waals surface area contributed by atoms with E-state index in [2.05, 4.69) is 60.4 Å². The second-order valence-corrected chi connectivity index (χ2v) is 15.9. The van der Waals surface area contributed by atoms with E-state index in [-0.39, 0.29) is 16.9 Å². The minimum absolute atomic E-state index is 0.236. The zero-order valence-electron chi connectivity index (χ0n) is 30.2. The van der Waals surface area contributed by atoms with Crippen LogP contribution in [0.15, 0.2) is 18.2 Å². The molecule has 49 heavy (non-hydrogen) atoms. The van der Waals surface area contributed by atoms with Crippen LogP contribution in [-0.4, -0.2) is 56.0 Å². The molecule has 8 nitrogen and oxygen atoms in total. The van der Waals surface area contributed by atoms with Crippen LogP contribution in [0.3, 0.4) is 0 Å². The minimum Gasteiger partial charge on any atom is -0.398 e. The summed E-state index contributed by atoms with van der Waals surface area (Å²) >= 11 is 0. The molecule has 2 saturated heterocycles. The molecule has 1 aromatic carbocycles. The molecule has 3 aliphatic heterocycles. The fraction of sp³-hybridized carbons (Fsp3) is 0.650. The standard InChI is InChI=1S/C32H41N7.C8H14FN/c1-4-8-21-10-12-26(34)25(19-33)30(21)22-9-11-24-27(17-22)35-29(5-2)36-31(24)38-15-7-16-39-23(20-38)18-28(37-39)32(3)13-6-14-32;1-8-3-2-4-10(8)6-7(9)5-8/h10,12,18,22H,4-9,11,13-17,20,34H2,1-3H3;7H,2-6H2,1H3. The average molecular weight is 667 g/mol. The maximum atomic E-state index is 12.8. The maximum Gasteiger partial charge on any atom is 0.136 e. The zero-order valence-corrected chi connectivity index (χ0v) is 30.2. The van der Waals surface area contributed by atoms with Gasteiger partial charge in [-0.15, -0.1) is 0 Å². The smallest absolute Gasteiger partial charge is 0.136 e. The molecule has 0 radical (unpaired) electrons. The lowest BCUT2D eigenvalue weighted by atomic mass is 9.68. The first-order valence-electron chi connectivity index (χ1n) is 19.1. The number of fused-ring (bicyclic) bond motifs is 3. The van der Waals surface area contributed by atoms with Gasteiger partial charge in [-0.05, 0) is 107 Å². The van der Waals surface area contributed by atoms with Crippen LogP contribution in [0.4, 0.5) is 15.9 Å². The van der Waals surface area contributed by atoms with Gasteiger partial charge in [0.05, 0.1) is 29.2 Å². The first-order chi connectivity index (χ1) is 23.6. The van der Waals surface area contributed by atoms with E-state index in [4.69, 9.17) is 20.8 Å². The largest absolute Gasteiger partial charge is 0.398 e. The van der Waals surface area contributed by atoms with E-state index in [9.17, 15) is 9.65 Å². The van der Waals surface area contributed by atoms with Crippen molar-refractivity contribution in [3.63, 3.8) is 0 Å². The highest BCUT2D eigenvalue weighted by Gasteiger charge is 2.45. The number of anilines is 2. The molecule has 5 aliphatic rings. The monoisotopic (exact) mass is 666 g/mol. The number of nitriles is 1. The van der Waals surface area contributed by atoms with Crippen molar-refractivity contribution < 1.29 is 4.39 Å². The number of nitrogens with two attached hydrogens (primary N) is 1. The van der Waals surface area contributed by atoms with Gasteiger partial charge in [-0.2, -0.15) is 10.4 Å². The fourth-order valence-electron chi connectivity index (χ4n) is 9.37. The number of benzene rings is 1. The number of hydrogen-bond acceptors (Lipinski definition) is 7. The molecule has 3 aromatic rings. The number of aryl methyl sites for hydroxylation is 3. The maximum absolute atomic E-state index is 12.8. The normalized spacial score (nSPS) is 25.7. The quantitative estimate of drug-likeness (QED) is 0.275. The molecule has 2 aliphatic carbocycles. The van der Waals surface area contributed by atoms with Gasteiger partial charge in [0.1, 0.15) is 23.9 Å². The highest BCUT2D eigenvalue weighted by Crippen LogP contribution is 2.44. The molecule has 1 saturated carbocycles. The summed E-state index contributed by atoms with van der Waals surface area (Å²) in [6.45, 7) is 13.5. The van der Waals surface area contributed by atoms with Crippen molar-refractivity contribution in [1.29, 1.82) is 5.26 Å². The number of nitrogen functional groups attached to an aromatic ring is 1. The summed E-state index contributed by atoms with van der Waals surface area (Å²) < 4.78 is 15.1. The molecule has 262 valence electrons. The third-order valence-electron chi connectivity index (χ3n) is 12.4. The fourth-order valence-corrected chi connectivity index (χ4v) is 9.37. The van der Waals surface area contributed by atoms with Crippen LogP contribution in [0, 0.1) is 11.3 Å². The summed E-state index contributed by atoms with van der Waals surface area (Å²) in [5.41, 5.74) is 15.5. The molecule has 8 rings (SSSR count). The Balaban J connectivity index is 0.000000322. The van der Waals surface area contributed by atoms with Crippen molar-refractivity contribution in [2.75, 3.05) is 30.3 Å². The Bertz CT molecular complexity index is 1720. The Morgan fingerprint density at radius 3 is 2.61 bits per heavy atom.